The van der Waals surface area contributed by atoms with Crippen molar-refractivity contribution in [1.29, 1.82) is 0 Å². The summed E-state index contributed by atoms with van der Waals surface area (Å²) in [7, 11) is 4.94. The van der Waals surface area contributed by atoms with E-state index in [9.17, 15) is 0 Å². The molecule has 0 aliphatic rings. The SMILES string of the molecule is COc1ccc(CNCc2cc(Br)c(OC)c(OC)c2)cc1.[Cl-]. The molecule has 0 aliphatic heterocycles. The van der Waals surface area contributed by atoms with Crippen molar-refractivity contribution in [2.24, 2.45) is 0 Å². The second-order valence-corrected chi connectivity index (χ2v) is 5.62. The van der Waals surface area contributed by atoms with Gasteiger partial charge in [-0.05, 0) is 51.3 Å². The molecule has 0 fully saturated rings. The van der Waals surface area contributed by atoms with Gasteiger partial charge in [0.15, 0.2) is 11.5 Å². The minimum Gasteiger partial charge on any atom is -1.00 e. The largest absolute Gasteiger partial charge is 1.00 e. The third-order valence-electron chi connectivity index (χ3n) is 3.31. The van der Waals surface area contributed by atoms with E-state index < -0.39 is 0 Å². The van der Waals surface area contributed by atoms with Gasteiger partial charge in [-0.1, -0.05) is 12.1 Å². The maximum atomic E-state index is 5.35. The molecule has 0 unspecified atom stereocenters. The van der Waals surface area contributed by atoms with Gasteiger partial charge in [-0.3, -0.25) is 0 Å². The van der Waals surface area contributed by atoms with Gasteiger partial charge in [-0.25, -0.2) is 0 Å². The van der Waals surface area contributed by atoms with Crippen LogP contribution in [0.1, 0.15) is 11.1 Å². The van der Waals surface area contributed by atoms with E-state index >= 15 is 0 Å². The predicted octanol–water partition coefficient (Wildman–Crippen LogP) is 0.769. The maximum absolute atomic E-state index is 5.35. The first-order chi connectivity index (χ1) is 10.7. The molecular weight excluding hydrogens is 382 g/mol. The van der Waals surface area contributed by atoms with Crippen LogP contribution in [-0.4, -0.2) is 21.3 Å². The Balaban J connectivity index is 0.00000264. The number of hydrogen-bond acceptors (Lipinski definition) is 4. The predicted molar refractivity (Wildman–Crippen MR) is 90.8 cm³/mol. The number of halogens is 2. The van der Waals surface area contributed by atoms with Crippen molar-refractivity contribution in [3.8, 4) is 17.2 Å². The fraction of sp³-hybridized carbons (Fsp3) is 0.294. The molecule has 0 aliphatic carbocycles. The van der Waals surface area contributed by atoms with Gasteiger partial charge in [0.05, 0.1) is 25.8 Å². The van der Waals surface area contributed by atoms with Crippen LogP contribution in [0.2, 0.25) is 0 Å². The Hall–Kier alpha value is -1.43. The van der Waals surface area contributed by atoms with Crippen molar-refractivity contribution in [2.45, 2.75) is 13.1 Å². The first-order valence-corrected chi connectivity index (χ1v) is 7.71. The Morgan fingerprint density at radius 2 is 1.52 bits per heavy atom. The third-order valence-corrected chi connectivity index (χ3v) is 3.90. The minimum absolute atomic E-state index is 0. The van der Waals surface area contributed by atoms with E-state index in [1.54, 1.807) is 21.3 Å². The highest BCUT2D eigenvalue weighted by molar-refractivity contribution is 9.10. The van der Waals surface area contributed by atoms with Gasteiger partial charge in [0.2, 0.25) is 0 Å². The number of ether oxygens (including phenoxy) is 3. The third kappa shape index (κ3) is 5.30. The number of hydrogen-bond donors (Lipinski definition) is 1. The number of nitrogens with one attached hydrogen (secondary N) is 1. The molecule has 0 heterocycles. The Labute approximate surface area is 151 Å². The van der Waals surface area contributed by atoms with Crippen LogP contribution in [-0.2, 0) is 13.1 Å². The van der Waals surface area contributed by atoms with Gasteiger partial charge in [0.25, 0.3) is 0 Å². The van der Waals surface area contributed by atoms with E-state index in [4.69, 9.17) is 14.2 Å². The summed E-state index contributed by atoms with van der Waals surface area (Å²) in [6, 6.07) is 12.0. The average Bonchev–Trinajstić information content (AvgIpc) is 2.55. The summed E-state index contributed by atoms with van der Waals surface area (Å²) in [5.41, 5.74) is 2.33. The van der Waals surface area contributed by atoms with Gasteiger partial charge in [-0.2, -0.15) is 0 Å². The van der Waals surface area contributed by atoms with E-state index in [0.717, 1.165) is 34.6 Å². The molecule has 2 rings (SSSR count). The van der Waals surface area contributed by atoms with Crippen LogP contribution >= 0.6 is 15.9 Å². The van der Waals surface area contributed by atoms with Crippen molar-refractivity contribution in [3.63, 3.8) is 0 Å². The van der Waals surface area contributed by atoms with Crippen LogP contribution in [0.4, 0.5) is 0 Å². The molecule has 2 aromatic rings. The summed E-state index contributed by atoms with van der Waals surface area (Å²) in [4.78, 5) is 0. The molecule has 0 bridgehead atoms. The lowest BCUT2D eigenvalue weighted by Crippen LogP contribution is -3.00. The van der Waals surface area contributed by atoms with Gasteiger partial charge < -0.3 is 31.9 Å². The minimum atomic E-state index is 0. The highest BCUT2D eigenvalue weighted by atomic mass is 79.9. The molecule has 0 radical (unpaired) electrons. The number of benzene rings is 2. The average molecular weight is 402 g/mol. The van der Waals surface area contributed by atoms with E-state index in [1.165, 1.54) is 5.56 Å². The van der Waals surface area contributed by atoms with Crippen LogP contribution in [0.5, 0.6) is 17.2 Å². The summed E-state index contributed by atoms with van der Waals surface area (Å²) in [6.07, 6.45) is 0. The monoisotopic (exact) mass is 400 g/mol. The van der Waals surface area contributed by atoms with Gasteiger partial charge in [0, 0.05) is 13.1 Å². The molecule has 0 saturated heterocycles. The fourth-order valence-electron chi connectivity index (χ4n) is 2.17. The smallest absolute Gasteiger partial charge is 0.174 e. The van der Waals surface area contributed by atoms with Crippen LogP contribution < -0.4 is 31.9 Å². The topological polar surface area (TPSA) is 39.7 Å². The summed E-state index contributed by atoms with van der Waals surface area (Å²) in [5, 5.41) is 3.41. The van der Waals surface area contributed by atoms with Gasteiger partial charge in [0.1, 0.15) is 5.75 Å². The van der Waals surface area contributed by atoms with Crippen molar-refractivity contribution in [1.82, 2.24) is 5.32 Å². The molecule has 126 valence electrons. The Kier molecular flexibility index (Phi) is 8.23. The van der Waals surface area contributed by atoms with E-state index in [0.29, 0.717) is 5.75 Å². The van der Waals surface area contributed by atoms with Crippen molar-refractivity contribution in [2.75, 3.05) is 21.3 Å². The first kappa shape index (κ1) is 19.6. The van der Waals surface area contributed by atoms with Crippen LogP contribution in [0.3, 0.4) is 0 Å². The molecule has 0 aromatic heterocycles. The van der Waals surface area contributed by atoms with Crippen molar-refractivity contribution >= 4 is 15.9 Å². The Bertz CT molecular complexity index is 620. The number of rotatable bonds is 7. The van der Waals surface area contributed by atoms with Gasteiger partial charge >= 0.3 is 0 Å². The summed E-state index contributed by atoms with van der Waals surface area (Å²) in [5.74, 6) is 2.30. The first-order valence-electron chi connectivity index (χ1n) is 6.92. The molecule has 6 heteroatoms. The van der Waals surface area contributed by atoms with E-state index in [1.807, 2.05) is 24.3 Å². The lowest BCUT2D eigenvalue weighted by Gasteiger charge is -2.12. The zero-order valence-corrected chi connectivity index (χ0v) is 15.7. The summed E-state index contributed by atoms with van der Waals surface area (Å²) in [6.45, 7) is 1.53. The number of methoxy groups -OCH3 is 3. The normalized spacial score (nSPS) is 9.91. The second kappa shape index (κ2) is 9.65. The molecular formula is C17H20BrClNO3-. The molecule has 2 aromatic carbocycles. The highest BCUT2D eigenvalue weighted by Crippen LogP contribution is 2.36. The molecule has 0 spiro atoms. The lowest BCUT2D eigenvalue weighted by atomic mass is 10.2. The zero-order chi connectivity index (χ0) is 15.9. The van der Waals surface area contributed by atoms with Crippen LogP contribution in [0.25, 0.3) is 0 Å². The zero-order valence-electron chi connectivity index (χ0n) is 13.4. The second-order valence-electron chi connectivity index (χ2n) is 4.76. The van der Waals surface area contributed by atoms with Gasteiger partial charge in [-0.15, -0.1) is 0 Å². The van der Waals surface area contributed by atoms with Crippen LogP contribution in [0, 0.1) is 0 Å². The molecule has 23 heavy (non-hydrogen) atoms. The maximum Gasteiger partial charge on any atom is 0.174 e. The molecule has 4 nitrogen and oxygen atoms in total. The fourth-order valence-corrected chi connectivity index (χ4v) is 2.82. The van der Waals surface area contributed by atoms with Crippen molar-refractivity contribution < 1.29 is 26.6 Å². The summed E-state index contributed by atoms with van der Waals surface area (Å²) >= 11 is 3.50. The molecule has 0 saturated carbocycles. The molecule has 0 atom stereocenters. The standard InChI is InChI=1S/C17H20BrNO3.ClH/c1-20-14-6-4-12(5-7-14)10-19-11-13-8-15(18)17(22-3)16(9-13)21-2;/h4-9,19H,10-11H2,1-3H3;1H/p-1. The highest BCUT2D eigenvalue weighted by Gasteiger charge is 2.10. The Morgan fingerprint density at radius 3 is 2.09 bits per heavy atom. The van der Waals surface area contributed by atoms with Crippen molar-refractivity contribution in [3.05, 3.63) is 52.0 Å². The summed E-state index contributed by atoms with van der Waals surface area (Å²) < 4.78 is 16.7. The molecule has 0 amide bonds. The Morgan fingerprint density at radius 1 is 0.870 bits per heavy atom. The molecule has 1 N–H and O–H groups in total. The van der Waals surface area contributed by atoms with Crippen LogP contribution in [0.15, 0.2) is 40.9 Å². The van der Waals surface area contributed by atoms with E-state index in [-0.39, 0.29) is 12.4 Å². The lowest BCUT2D eigenvalue weighted by molar-refractivity contribution is -0.00000526. The van der Waals surface area contributed by atoms with E-state index in [2.05, 4.69) is 33.4 Å². The quantitative estimate of drug-likeness (QED) is 0.744.